The minimum absolute atomic E-state index is 0.182. The Morgan fingerprint density at radius 2 is 1.30 bits per heavy atom. The highest BCUT2D eigenvalue weighted by Gasteiger charge is 2.30. The lowest BCUT2D eigenvalue weighted by atomic mass is 9.74. The maximum absolute atomic E-state index is 2.50. The lowest BCUT2D eigenvalue weighted by Gasteiger charge is -2.37. The lowest BCUT2D eigenvalue weighted by molar-refractivity contribution is 0.532. The van der Waals surface area contributed by atoms with Gasteiger partial charge in [0.25, 0.3) is 0 Å². The van der Waals surface area contributed by atoms with E-state index in [9.17, 15) is 0 Å². The average molecular weight is 292 g/mol. The molecule has 2 heteroatoms. The maximum Gasteiger partial charge on any atom is 0.0406 e. The summed E-state index contributed by atoms with van der Waals surface area (Å²) in [4.78, 5) is 2.50. The van der Waals surface area contributed by atoms with Gasteiger partial charge < -0.3 is 4.90 Å². The SMILES string of the molecule is CCN(CC)c1ccc([SiH3])c(C(C)(C)C)c1C(C)(C)C. The zero-order valence-corrected chi connectivity index (χ0v) is 17.0. The monoisotopic (exact) mass is 291 g/mol. The predicted molar refractivity (Wildman–Crippen MR) is 97.0 cm³/mol. The summed E-state index contributed by atoms with van der Waals surface area (Å²) in [6, 6.07) is 4.71. The van der Waals surface area contributed by atoms with Gasteiger partial charge in [0.1, 0.15) is 0 Å². The molecule has 0 atom stereocenters. The fourth-order valence-corrected chi connectivity index (χ4v) is 4.42. The number of anilines is 1. The number of nitrogens with zero attached hydrogens (tertiary/aromatic N) is 1. The van der Waals surface area contributed by atoms with Crippen molar-refractivity contribution in [3.05, 3.63) is 23.3 Å². The molecule has 20 heavy (non-hydrogen) atoms. The van der Waals surface area contributed by atoms with Crippen molar-refractivity contribution in [3.8, 4) is 0 Å². The molecule has 0 saturated carbocycles. The van der Waals surface area contributed by atoms with Crippen LogP contribution in [0.15, 0.2) is 12.1 Å². The number of hydrogen-bond donors (Lipinski definition) is 0. The van der Waals surface area contributed by atoms with Crippen LogP contribution in [0.3, 0.4) is 0 Å². The molecule has 1 nitrogen and oxygen atoms in total. The average Bonchev–Trinajstić information content (AvgIpc) is 2.29. The second-order valence-electron chi connectivity index (χ2n) is 7.82. The molecular formula is C18H33NSi. The summed E-state index contributed by atoms with van der Waals surface area (Å²) >= 11 is 0. The highest BCUT2D eigenvalue weighted by atomic mass is 28.1. The minimum atomic E-state index is 0.182. The van der Waals surface area contributed by atoms with Crippen molar-refractivity contribution < 1.29 is 0 Å². The summed E-state index contributed by atoms with van der Waals surface area (Å²) in [6.07, 6.45) is 0. The van der Waals surface area contributed by atoms with Crippen LogP contribution in [0.1, 0.15) is 66.5 Å². The summed E-state index contributed by atoms with van der Waals surface area (Å²) < 4.78 is 0. The van der Waals surface area contributed by atoms with E-state index in [0.29, 0.717) is 0 Å². The van der Waals surface area contributed by atoms with Crippen molar-refractivity contribution in [2.24, 2.45) is 0 Å². The van der Waals surface area contributed by atoms with Gasteiger partial charge in [-0.15, -0.1) is 0 Å². The third-order valence-electron chi connectivity index (χ3n) is 4.00. The van der Waals surface area contributed by atoms with E-state index in [1.54, 1.807) is 16.3 Å². The molecule has 1 aromatic carbocycles. The number of hydrogen-bond acceptors (Lipinski definition) is 1. The van der Waals surface area contributed by atoms with Gasteiger partial charge in [-0.3, -0.25) is 0 Å². The lowest BCUT2D eigenvalue weighted by Crippen LogP contribution is -2.34. The van der Waals surface area contributed by atoms with Gasteiger partial charge in [-0.2, -0.15) is 0 Å². The normalized spacial score (nSPS) is 12.8. The Morgan fingerprint density at radius 1 is 0.850 bits per heavy atom. The summed E-state index contributed by atoms with van der Waals surface area (Å²) in [6.45, 7) is 20.8. The Bertz CT molecular complexity index is 460. The molecule has 0 radical (unpaired) electrons. The summed E-state index contributed by atoms with van der Waals surface area (Å²) in [5.74, 6) is 0. The van der Waals surface area contributed by atoms with E-state index in [1.807, 2.05) is 0 Å². The Balaban J connectivity index is 3.72. The van der Waals surface area contributed by atoms with Crippen LogP contribution in [0.25, 0.3) is 0 Å². The van der Waals surface area contributed by atoms with Gasteiger partial charge in [-0.25, -0.2) is 0 Å². The molecule has 0 fully saturated rings. The van der Waals surface area contributed by atoms with E-state index >= 15 is 0 Å². The molecule has 0 N–H and O–H groups in total. The van der Waals surface area contributed by atoms with E-state index in [1.165, 1.54) is 5.69 Å². The van der Waals surface area contributed by atoms with Crippen molar-refractivity contribution >= 4 is 21.1 Å². The molecule has 0 unspecified atom stereocenters. The number of benzene rings is 1. The van der Waals surface area contributed by atoms with Gasteiger partial charge in [-0.05, 0) is 41.9 Å². The van der Waals surface area contributed by atoms with Crippen LogP contribution in [0.2, 0.25) is 0 Å². The molecule has 0 spiro atoms. The van der Waals surface area contributed by atoms with Gasteiger partial charge in [0.2, 0.25) is 0 Å². The van der Waals surface area contributed by atoms with Gasteiger partial charge in [-0.1, -0.05) is 52.8 Å². The van der Waals surface area contributed by atoms with Gasteiger partial charge in [0.05, 0.1) is 0 Å². The molecule has 0 aliphatic heterocycles. The smallest absolute Gasteiger partial charge is 0.0406 e. The quantitative estimate of drug-likeness (QED) is 0.774. The molecular weight excluding hydrogens is 258 g/mol. The predicted octanol–water partition coefficient (Wildman–Crippen LogP) is 3.12. The van der Waals surface area contributed by atoms with Crippen LogP contribution >= 0.6 is 0 Å². The van der Waals surface area contributed by atoms with Crippen molar-refractivity contribution in [2.45, 2.75) is 66.2 Å². The van der Waals surface area contributed by atoms with Gasteiger partial charge in [0, 0.05) is 29.0 Å². The van der Waals surface area contributed by atoms with E-state index in [2.05, 4.69) is 72.4 Å². The maximum atomic E-state index is 2.50. The van der Waals surface area contributed by atoms with Crippen LogP contribution in [-0.4, -0.2) is 23.3 Å². The van der Waals surface area contributed by atoms with E-state index in [4.69, 9.17) is 0 Å². The Morgan fingerprint density at radius 3 is 1.65 bits per heavy atom. The molecule has 0 amide bonds. The van der Waals surface area contributed by atoms with Crippen molar-refractivity contribution in [1.29, 1.82) is 0 Å². The first-order valence-electron chi connectivity index (χ1n) is 7.93. The second-order valence-corrected chi connectivity index (χ2v) is 8.90. The molecule has 1 aromatic rings. The topological polar surface area (TPSA) is 3.24 Å². The Labute approximate surface area is 129 Å². The van der Waals surface area contributed by atoms with E-state index < -0.39 is 0 Å². The van der Waals surface area contributed by atoms with Crippen molar-refractivity contribution in [1.82, 2.24) is 0 Å². The second kappa shape index (κ2) is 5.93. The molecule has 0 heterocycles. The molecule has 1 rings (SSSR count). The van der Waals surface area contributed by atoms with Crippen molar-refractivity contribution in [2.75, 3.05) is 18.0 Å². The highest BCUT2D eigenvalue weighted by molar-refractivity contribution is 6.33. The highest BCUT2D eigenvalue weighted by Crippen LogP contribution is 2.39. The zero-order chi connectivity index (χ0) is 15.7. The van der Waals surface area contributed by atoms with Gasteiger partial charge in [0.15, 0.2) is 0 Å². The third-order valence-corrected chi connectivity index (χ3v) is 4.83. The summed E-state index contributed by atoms with van der Waals surface area (Å²) in [7, 11) is 1.12. The Hall–Kier alpha value is -0.763. The first kappa shape index (κ1) is 17.3. The van der Waals surface area contributed by atoms with Crippen molar-refractivity contribution in [3.63, 3.8) is 0 Å². The van der Waals surface area contributed by atoms with Crippen LogP contribution in [0, 0.1) is 0 Å². The molecule has 114 valence electrons. The third kappa shape index (κ3) is 3.46. The largest absolute Gasteiger partial charge is 0.372 e. The minimum Gasteiger partial charge on any atom is -0.372 e. The van der Waals surface area contributed by atoms with E-state index in [0.717, 1.165) is 23.3 Å². The summed E-state index contributed by atoms with van der Waals surface area (Å²) in [5.41, 5.74) is 4.97. The van der Waals surface area contributed by atoms with E-state index in [-0.39, 0.29) is 10.8 Å². The molecule has 0 saturated heterocycles. The molecule has 0 aliphatic rings. The van der Waals surface area contributed by atoms with Crippen LogP contribution in [0.4, 0.5) is 5.69 Å². The van der Waals surface area contributed by atoms with Crippen LogP contribution < -0.4 is 10.1 Å². The molecule has 0 bridgehead atoms. The standard InChI is InChI=1S/C18H33NSi/c1-9-19(10-2)13-11-12-14(20)16(18(6,7)8)15(13)17(3,4)5/h11-12H,9-10H2,1-8,20H3. The Kier molecular flexibility index (Phi) is 5.12. The molecule has 0 aromatic heterocycles. The number of rotatable bonds is 3. The first-order valence-corrected chi connectivity index (χ1v) is 8.93. The zero-order valence-electron chi connectivity index (χ0n) is 15.0. The summed E-state index contributed by atoms with van der Waals surface area (Å²) in [5, 5.41) is 1.55. The first-order chi connectivity index (χ1) is 9.04. The fourth-order valence-electron chi connectivity index (χ4n) is 3.25. The van der Waals surface area contributed by atoms with Gasteiger partial charge >= 0.3 is 0 Å². The molecule has 0 aliphatic carbocycles. The van der Waals surface area contributed by atoms with Crippen LogP contribution in [0.5, 0.6) is 0 Å². The fraction of sp³-hybridized carbons (Fsp3) is 0.667. The van der Waals surface area contributed by atoms with Crippen LogP contribution in [-0.2, 0) is 10.8 Å².